The van der Waals surface area contributed by atoms with Crippen LogP contribution in [0.15, 0.2) is 73.6 Å². The van der Waals surface area contributed by atoms with Gasteiger partial charge in [0.2, 0.25) is 0 Å². The maximum absolute atomic E-state index is 12.9. The van der Waals surface area contributed by atoms with Crippen LogP contribution < -0.4 is 5.56 Å². The second kappa shape index (κ2) is 10.9. The number of aromatic nitrogens is 2. The van der Waals surface area contributed by atoms with E-state index < -0.39 is 0 Å². The van der Waals surface area contributed by atoms with Crippen molar-refractivity contribution in [1.29, 1.82) is 0 Å². The van der Waals surface area contributed by atoms with Gasteiger partial charge in [0.1, 0.15) is 0 Å². The number of nitrogens with zero attached hydrogens (tertiary/aromatic N) is 3. The minimum atomic E-state index is -0.108. The van der Waals surface area contributed by atoms with Gasteiger partial charge in [0.15, 0.2) is 5.16 Å². The molecule has 7 heteroatoms. The fourth-order valence-corrected chi connectivity index (χ4v) is 5.77. The Morgan fingerprint density at radius 2 is 1.48 bits per heavy atom. The minimum Gasteiger partial charge on any atom is -0.322 e. The third-order valence-corrected chi connectivity index (χ3v) is 8.07. The number of hydrogen-bond acceptors (Lipinski definition) is 4. The van der Waals surface area contributed by atoms with Crippen molar-refractivity contribution in [3.05, 3.63) is 90.7 Å². The van der Waals surface area contributed by atoms with E-state index in [-0.39, 0.29) is 5.56 Å². The van der Waals surface area contributed by atoms with Crippen LogP contribution in [0.4, 0.5) is 0 Å². The second-order valence-electron chi connectivity index (χ2n) is 7.79. The zero-order chi connectivity index (χ0) is 21.6. The quantitative estimate of drug-likeness (QED) is 0.258. The largest absolute Gasteiger partial charge is 0.322 e. The lowest BCUT2D eigenvalue weighted by Crippen LogP contribution is -2.32. The van der Waals surface area contributed by atoms with Gasteiger partial charge in [0.25, 0.3) is 5.56 Å². The summed E-state index contributed by atoms with van der Waals surface area (Å²) in [5, 5.41) is 0.749. The molecular formula is C24H25Br2N3OS. The van der Waals surface area contributed by atoms with E-state index in [1.54, 1.807) is 11.8 Å². The smallest absolute Gasteiger partial charge is 0.278 e. The van der Waals surface area contributed by atoms with Crippen molar-refractivity contribution in [3.8, 4) is 0 Å². The van der Waals surface area contributed by atoms with Gasteiger partial charge < -0.3 is 4.57 Å². The van der Waals surface area contributed by atoms with Crippen molar-refractivity contribution in [2.45, 2.75) is 43.3 Å². The highest BCUT2D eigenvalue weighted by Crippen LogP contribution is 2.27. The van der Waals surface area contributed by atoms with Gasteiger partial charge >= 0.3 is 0 Å². The molecule has 4 rings (SSSR count). The summed E-state index contributed by atoms with van der Waals surface area (Å²) >= 11 is 8.88. The van der Waals surface area contributed by atoms with Gasteiger partial charge in [-0.25, -0.2) is 0 Å². The van der Waals surface area contributed by atoms with Crippen molar-refractivity contribution in [2.75, 3.05) is 13.1 Å². The molecule has 31 heavy (non-hydrogen) atoms. The number of thioether (sulfide) groups is 1. The normalized spacial score (nSPS) is 14.6. The first-order valence-electron chi connectivity index (χ1n) is 10.5. The Morgan fingerprint density at radius 3 is 2.16 bits per heavy atom. The fraction of sp³-hybridized carbons (Fsp3) is 0.333. The average Bonchev–Trinajstić information content (AvgIpc) is 2.78. The first kappa shape index (κ1) is 22.8. The zero-order valence-corrected chi connectivity index (χ0v) is 21.3. The highest BCUT2D eigenvalue weighted by atomic mass is 79.9. The number of piperidine rings is 1. The van der Waals surface area contributed by atoms with E-state index in [2.05, 4.69) is 58.4 Å². The summed E-state index contributed by atoms with van der Waals surface area (Å²) in [5.74, 6) is 0.745. The van der Waals surface area contributed by atoms with Gasteiger partial charge in [-0.15, -0.1) is 0 Å². The molecule has 1 aliphatic heterocycles. The topological polar surface area (TPSA) is 38.1 Å². The molecule has 1 fully saturated rings. The summed E-state index contributed by atoms with van der Waals surface area (Å²) in [4.78, 5) is 19.8. The van der Waals surface area contributed by atoms with Gasteiger partial charge in [-0.2, -0.15) is 4.98 Å². The first-order chi connectivity index (χ1) is 15.1. The lowest BCUT2D eigenvalue weighted by molar-refractivity contribution is 0.219. The predicted molar refractivity (Wildman–Crippen MR) is 135 cm³/mol. The summed E-state index contributed by atoms with van der Waals surface area (Å²) in [7, 11) is 0. The first-order valence-corrected chi connectivity index (χ1v) is 13.1. The van der Waals surface area contributed by atoms with E-state index in [4.69, 9.17) is 0 Å². The molecule has 0 radical (unpaired) electrons. The number of benzene rings is 2. The van der Waals surface area contributed by atoms with E-state index in [0.29, 0.717) is 13.1 Å². The SMILES string of the molecule is O=c1nc(SCc2ccccc2Br)n(Cc2ccccc2Br)cc1CN1CCCCC1. The monoisotopic (exact) mass is 561 g/mol. The highest BCUT2D eigenvalue weighted by Gasteiger charge is 2.16. The molecule has 162 valence electrons. The highest BCUT2D eigenvalue weighted by molar-refractivity contribution is 9.10. The molecule has 1 saturated heterocycles. The summed E-state index contributed by atoms with van der Waals surface area (Å²) < 4.78 is 4.26. The van der Waals surface area contributed by atoms with E-state index in [1.807, 2.05) is 42.6 Å². The van der Waals surface area contributed by atoms with Crippen molar-refractivity contribution >= 4 is 43.6 Å². The Balaban J connectivity index is 1.63. The Hall–Kier alpha value is -1.41. The Labute approximate surface area is 204 Å². The van der Waals surface area contributed by atoms with Crippen LogP contribution in [0, 0.1) is 0 Å². The number of hydrogen-bond donors (Lipinski definition) is 0. The van der Waals surface area contributed by atoms with Crippen LogP contribution in [-0.2, 0) is 18.8 Å². The molecule has 0 bridgehead atoms. The standard InChI is InChI=1S/C24H25Br2N3OS/c25-21-10-4-2-8-18(21)15-29-16-20(14-28-12-6-1-7-13-28)23(30)27-24(29)31-17-19-9-3-5-11-22(19)26/h2-5,8-11,16H,1,6-7,12-15,17H2. The van der Waals surface area contributed by atoms with Crippen LogP contribution >= 0.6 is 43.6 Å². The van der Waals surface area contributed by atoms with E-state index >= 15 is 0 Å². The average molecular weight is 563 g/mol. The number of rotatable bonds is 7. The third-order valence-electron chi connectivity index (χ3n) is 5.49. The lowest BCUT2D eigenvalue weighted by atomic mass is 10.1. The van der Waals surface area contributed by atoms with Crippen LogP contribution in [0.2, 0.25) is 0 Å². The van der Waals surface area contributed by atoms with Crippen molar-refractivity contribution in [1.82, 2.24) is 14.5 Å². The molecule has 2 heterocycles. The Kier molecular flexibility index (Phi) is 8.04. The summed E-state index contributed by atoms with van der Waals surface area (Å²) in [6.45, 7) is 3.46. The molecule has 0 unspecified atom stereocenters. The molecule has 0 amide bonds. The second-order valence-corrected chi connectivity index (χ2v) is 10.4. The van der Waals surface area contributed by atoms with Gasteiger partial charge in [0, 0.05) is 33.0 Å². The van der Waals surface area contributed by atoms with Gasteiger partial charge in [-0.05, 0) is 49.2 Å². The summed E-state index contributed by atoms with van der Waals surface area (Å²) in [6.07, 6.45) is 5.72. The Bertz CT molecular complexity index is 1100. The molecule has 1 aromatic heterocycles. The summed E-state index contributed by atoms with van der Waals surface area (Å²) in [5.41, 5.74) is 3.02. The molecule has 0 spiro atoms. The van der Waals surface area contributed by atoms with Gasteiger partial charge in [-0.3, -0.25) is 9.69 Å². The van der Waals surface area contributed by atoms with Crippen molar-refractivity contribution in [3.63, 3.8) is 0 Å². The van der Waals surface area contributed by atoms with Gasteiger partial charge in [-0.1, -0.05) is 86.4 Å². The van der Waals surface area contributed by atoms with Crippen LogP contribution in [0.5, 0.6) is 0 Å². The van der Waals surface area contributed by atoms with E-state index in [0.717, 1.165) is 38.5 Å². The zero-order valence-electron chi connectivity index (χ0n) is 17.3. The van der Waals surface area contributed by atoms with Crippen LogP contribution in [0.25, 0.3) is 0 Å². The third kappa shape index (κ3) is 6.09. The molecule has 3 aromatic rings. The molecule has 0 saturated carbocycles. The maximum atomic E-state index is 12.9. The molecular weight excluding hydrogens is 538 g/mol. The summed E-state index contributed by atoms with van der Waals surface area (Å²) in [6, 6.07) is 16.4. The van der Waals surface area contributed by atoms with E-state index in [9.17, 15) is 4.79 Å². The number of halogens is 2. The fourth-order valence-electron chi connectivity index (χ4n) is 3.78. The lowest BCUT2D eigenvalue weighted by Gasteiger charge is -2.26. The van der Waals surface area contributed by atoms with Crippen LogP contribution in [0.1, 0.15) is 36.0 Å². The maximum Gasteiger partial charge on any atom is 0.278 e. The molecule has 4 nitrogen and oxygen atoms in total. The van der Waals surface area contributed by atoms with Crippen molar-refractivity contribution < 1.29 is 0 Å². The van der Waals surface area contributed by atoms with Crippen LogP contribution in [0.3, 0.4) is 0 Å². The van der Waals surface area contributed by atoms with E-state index in [1.165, 1.54) is 30.4 Å². The molecule has 2 aromatic carbocycles. The Morgan fingerprint density at radius 1 is 0.839 bits per heavy atom. The molecule has 0 atom stereocenters. The molecule has 1 aliphatic rings. The molecule has 0 N–H and O–H groups in total. The molecule has 0 aliphatic carbocycles. The number of likely N-dealkylation sites (tertiary alicyclic amines) is 1. The van der Waals surface area contributed by atoms with Crippen molar-refractivity contribution in [2.24, 2.45) is 0 Å². The predicted octanol–water partition coefficient (Wildman–Crippen LogP) is 6.09. The minimum absolute atomic E-state index is 0.108. The van der Waals surface area contributed by atoms with Crippen LogP contribution in [-0.4, -0.2) is 27.5 Å². The van der Waals surface area contributed by atoms with Gasteiger partial charge in [0.05, 0.1) is 6.54 Å².